The Hall–Kier alpha value is -1.30. The van der Waals surface area contributed by atoms with Crippen molar-refractivity contribution in [2.45, 2.75) is 58.0 Å². The molecule has 1 fully saturated rings. The van der Waals surface area contributed by atoms with E-state index in [2.05, 4.69) is 24.5 Å². The lowest BCUT2D eigenvalue weighted by atomic mass is 9.75. The molecule has 1 rings (SSSR count). The molecule has 110 valence electrons. The lowest BCUT2D eigenvalue weighted by Gasteiger charge is -2.35. The Morgan fingerprint density at radius 2 is 2.11 bits per heavy atom. The number of urea groups is 1. The fraction of sp³-hybridized carbons (Fsp3) is 0.846. The molecule has 6 nitrogen and oxygen atoms in total. The van der Waals surface area contributed by atoms with Gasteiger partial charge in [-0.25, -0.2) is 9.59 Å². The van der Waals surface area contributed by atoms with Crippen LogP contribution in [0.1, 0.15) is 46.0 Å². The van der Waals surface area contributed by atoms with Crippen molar-refractivity contribution in [3.8, 4) is 0 Å². The average molecular weight is 272 g/mol. The molecule has 2 atom stereocenters. The Bertz CT molecular complexity index is 331. The minimum Gasteiger partial charge on any atom is -0.480 e. The van der Waals surface area contributed by atoms with Gasteiger partial charge in [0, 0.05) is 19.1 Å². The van der Waals surface area contributed by atoms with Crippen LogP contribution >= 0.6 is 0 Å². The van der Waals surface area contributed by atoms with Crippen molar-refractivity contribution in [2.24, 2.45) is 5.41 Å². The van der Waals surface area contributed by atoms with Gasteiger partial charge >= 0.3 is 12.0 Å². The van der Waals surface area contributed by atoms with Crippen molar-refractivity contribution in [1.82, 2.24) is 10.6 Å². The molecule has 0 aromatic rings. The van der Waals surface area contributed by atoms with E-state index in [9.17, 15) is 9.59 Å². The van der Waals surface area contributed by atoms with Gasteiger partial charge in [0.1, 0.15) is 6.04 Å². The van der Waals surface area contributed by atoms with E-state index in [0.717, 1.165) is 25.7 Å². The SMILES string of the molecule is CC1(C)CCCC(NC(=O)N[C@@H](CCO)C(=O)O)C1. The molecule has 6 heteroatoms. The highest BCUT2D eigenvalue weighted by molar-refractivity contribution is 5.82. The zero-order chi connectivity index (χ0) is 14.5. The molecule has 19 heavy (non-hydrogen) atoms. The van der Waals surface area contributed by atoms with E-state index < -0.39 is 18.0 Å². The minimum absolute atomic E-state index is 0.0128. The lowest BCUT2D eigenvalue weighted by Crippen LogP contribution is -2.50. The number of hydrogen-bond donors (Lipinski definition) is 4. The molecule has 1 saturated carbocycles. The highest BCUT2D eigenvalue weighted by Gasteiger charge is 2.29. The predicted octanol–water partition coefficient (Wildman–Crippen LogP) is 1.09. The summed E-state index contributed by atoms with van der Waals surface area (Å²) in [5.74, 6) is -1.13. The summed E-state index contributed by atoms with van der Waals surface area (Å²) in [5, 5.41) is 22.8. The van der Waals surface area contributed by atoms with Gasteiger partial charge in [-0.15, -0.1) is 0 Å². The number of aliphatic hydroxyl groups is 1. The summed E-state index contributed by atoms with van der Waals surface area (Å²) in [7, 11) is 0. The lowest BCUT2D eigenvalue weighted by molar-refractivity contribution is -0.139. The number of aliphatic carboxylic acids is 1. The molecule has 2 amide bonds. The third-order valence-corrected chi connectivity index (χ3v) is 3.56. The quantitative estimate of drug-likeness (QED) is 0.602. The van der Waals surface area contributed by atoms with Crippen LogP contribution in [-0.2, 0) is 4.79 Å². The maximum Gasteiger partial charge on any atom is 0.326 e. The molecule has 1 aliphatic carbocycles. The van der Waals surface area contributed by atoms with Gasteiger partial charge in [0.05, 0.1) is 0 Å². The van der Waals surface area contributed by atoms with Crippen LogP contribution in [0.3, 0.4) is 0 Å². The van der Waals surface area contributed by atoms with E-state index in [1.54, 1.807) is 0 Å². The largest absolute Gasteiger partial charge is 0.480 e. The molecule has 1 unspecified atom stereocenters. The van der Waals surface area contributed by atoms with Gasteiger partial charge in [-0.3, -0.25) is 0 Å². The molecule has 0 spiro atoms. The second-order valence-corrected chi connectivity index (χ2v) is 5.98. The van der Waals surface area contributed by atoms with Gasteiger partial charge in [0.2, 0.25) is 0 Å². The summed E-state index contributed by atoms with van der Waals surface area (Å²) in [6.45, 7) is 4.07. The Kier molecular flexibility index (Phi) is 5.60. The molecular weight excluding hydrogens is 248 g/mol. The van der Waals surface area contributed by atoms with Crippen LogP contribution < -0.4 is 10.6 Å². The first-order valence-corrected chi connectivity index (χ1v) is 6.75. The number of carboxylic acid groups (broad SMARTS) is 1. The first-order valence-electron chi connectivity index (χ1n) is 6.75. The van der Waals surface area contributed by atoms with Gasteiger partial charge in [0.15, 0.2) is 0 Å². The predicted molar refractivity (Wildman–Crippen MR) is 70.8 cm³/mol. The average Bonchev–Trinajstić information content (AvgIpc) is 2.26. The van der Waals surface area contributed by atoms with Gasteiger partial charge in [-0.1, -0.05) is 20.3 Å². The van der Waals surface area contributed by atoms with Crippen LogP contribution in [0.4, 0.5) is 4.79 Å². The van der Waals surface area contributed by atoms with Crippen molar-refractivity contribution in [3.05, 3.63) is 0 Å². The Labute approximate surface area is 113 Å². The summed E-state index contributed by atoms with van der Waals surface area (Å²) in [5.41, 5.74) is 0.216. The van der Waals surface area contributed by atoms with Crippen LogP contribution in [0.25, 0.3) is 0 Å². The minimum atomic E-state index is -1.13. The molecule has 0 radical (unpaired) electrons. The molecule has 0 heterocycles. The summed E-state index contributed by atoms with van der Waals surface area (Å²) >= 11 is 0. The summed E-state index contributed by atoms with van der Waals surface area (Å²) in [6, 6.07) is -1.42. The van der Waals surface area contributed by atoms with Crippen molar-refractivity contribution in [2.75, 3.05) is 6.61 Å². The van der Waals surface area contributed by atoms with Crippen LogP contribution in [0.15, 0.2) is 0 Å². The third-order valence-electron chi connectivity index (χ3n) is 3.56. The van der Waals surface area contributed by atoms with Crippen LogP contribution in [0, 0.1) is 5.41 Å². The van der Waals surface area contributed by atoms with Gasteiger partial charge < -0.3 is 20.8 Å². The zero-order valence-electron chi connectivity index (χ0n) is 11.6. The van der Waals surface area contributed by atoms with Crippen LogP contribution in [-0.4, -0.2) is 40.9 Å². The van der Waals surface area contributed by atoms with Gasteiger partial charge in [-0.2, -0.15) is 0 Å². The number of amides is 2. The van der Waals surface area contributed by atoms with E-state index in [4.69, 9.17) is 10.2 Å². The van der Waals surface area contributed by atoms with Crippen molar-refractivity contribution in [3.63, 3.8) is 0 Å². The summed E-state index contributed by atoms with van der Waals surface area (Å²) in [4.78, 5) is 22.6. The maximum atomic E-state index is 11.7. The smallest absolute Gasteiger partial charge is 0.326 e. The highest BCUT2D eigenvalue weighted by atomic mass is 16.4. The van der Waals surface area contributed by atoms with E-state index in [0.29, 0.717) is 0 Å². The fourth-order valence-corrected chi connectivity index (χ4v) is 2.59. The topological polar surface area (TPSA) is 98.7 Å². The second-order valence-electron chi connectivity index (χ2n) is 5.98. The molecule has 0 aromatic heterocycles. The standard InChI is InChI=1S/C13H24N2O4/c1-13(2)6-3-4-9(8-13)14-12(19)15-10(5-7-16)11(17)18/h9-10,16H,3-8H2,1-2H3,(H,17,18)(H2,14,15,19)/t9?,10-/m0/s1. The number of carbonyl (C=O) groups is 2. The van der Waals surface area contributed by atoms with Crippen LogP contribution in [0.2, 0.25) is 0 Å². The Morgan fingerprint density at radius 1 is 1.42 bits per heavy atom. The van der Waals surface area contributed by atoms with Crippen molar-refractivity contribution < 1.29 is 19.8 Å². The molecule has 0 aliphatic heterocycles. The summed E-state index contributed by atoms with van der Waals surface area (Å²) < 4.78 is 0. The maximum absolute atomic E-state index is 11.7. The van der Waals surface area contributed by atoms with Crippen molar-refractivity contribution in [1.29, 1.82) is 0 Å². The summed E-state index contributed by atoms with van der Waals surface area (Å²) in [6.07, 6.45) is 4.05. The highest BCUT2D eigenvalue weighted by Crippen LogP contribution is 2.34. The molecule has 0 saturated heterocycles. The molecule has 4 N–H and O–H groups in total. The first-order chi connectivity index (χ1) is 8.84. The van der Waals surface area contributed by atoms with E-state index in [1.807, 2.05) is 0 Å². The molecule has 0 aromatic carbocycles. The number of rotatable bonds is 5. The monoisotopic (exact) mass is 272 g/mol. The van der Waals surface area contributed by atoms with Gasteiger partial charge in [0.25, 0.3) is 0 Å². The number of nitrogens with one attached hydrogen (secondary N) is 2. The number of aliphatic hydroxyl groups excluding tert-OH is 1. The van der Waals surface area contributed by atoms with E-state index >= 15 is 0 Å². The number of hydrogen-bond acceptors (Lipinski definition) is 3. The molecular formula is C13H24N2O4. The van der Waals surface area contributed by atoms with Gasteiger partial charge in [-0.05, 0) is 24.7 Å². The Balaban J connectivity index is 2.43. The second kappa shape index (κ2) is 6.75. The normalized spacial score (nSPS) is 23.4. The fourth-order valence-electron chi connectivity index (χ4n) is 2.59. The van der Waals surface area contributed by atoms with E-state index in [1.165, 1.54) is 0 Å². The molecule has 1 aliphatic rings. The molecule has 0 bridgehead atoms. The van der Waals surface area contributed by atoms with Crippen molar-refractivity contribution >= 4 is 12.0 Å². The number of carbonyl (C=O) groups excluding carboxylic acids is 1. The number of carboxylic acids is 1. The Morgan fingerprint density at radius 3 is 2.63 bits per heavy atom. The first kappa shape index (κ1) is 15.8. The van der Waals surface area contributed by atoms with Crippen LogP contribution in [0.5, 0.6) is 0 Å². The van der Waals surface area contributed by atoms with E-state index in [-0.39, 0.29) is 24.5 Å². The third kappa shape index (κ3) is 5.46. The zero-order valence-corrected chi connectivity index (χ0v) is 11.6.